The van der Waals surface area contributed by atoms with Crippen molar-refractivity contribution in [1.29, 1.82) is 0 Å². The molecule has 0 spiro atoms. The molecular weight excluding hydrogens is 158 g/mol. The van der Waals surface area contributed by atoms with Gasteiger partial charge in [-0.05, 0) is 50.7 Å². The smallest absolute Gasteiger partial charge is 0.0154 e. The Morgan fingerprint density at radius 1 is 1.31 bits per heavy atom. The maximum Gasteiger partial charge on any atom is 0.0154 e. The van der Waals surface area contributed by atoms with Crippen LogP contribution in [-0.4, -0.2) is 0 Å². The molecule has 0 atom stereocenters. The molecule has 0 amide bonds. The first-order chi connectivity index (χ1) is 6.25. The van der Waals surface area contributed by atoms with E-state index in [-0.39, 0.29) is 0 Å². The lowest BCUT2D eigenvalue weighted by molar-refractivity contribution is 0.790. The molecule has 2 rings (SSSR count). The summed E-state index contributed by atoms with van der Waals surface area (Å²) in [6, 6.07) is 0. The zero-order valence-electron chi connectivity index (χ0n) is 8.32. The van der Waals surface area contributed by atoms with Gasteiger partial charge < -0.3 is 5.32 Å². The highest BCUT2D eigenvalue weighted by Gasteiger charge is 2.17. The molecule has 70 valence electrons. The number of hydrogen-bond acceptors (Lipinski definition) is 1. The first-order valence-corrected chi connectivity index (χ1v) is 5.10. The number of nitrogens with one attached hydrogen (secondary N) is 1. The number of hydrogen-bond donors (Lipinski definition) is 1. The van der Waals surface area contributed by atoms with Crippen molar-refractivity contribution in [2.75, 3.05) is 0 Å². The van der Waals surface area contributed by atoms with E-state index in [0.29, 0.717) is 0 Å². The molecule has 0 aromatic carbocycles. The third kappa shape index (κ3) is 1.85. The standard InChI is InChI=1S/C12H17N/c1-9(2)13-12-7-6-10-4-3-5-11(10)8-12/h8,13H,1,3-7H2,2H3. The van der Waals surface area contributed by atoms with E-state index in [4.69, 9.17) is 0 Å². The van der Waals surface area contributed by atoms with Gasteiger partial charge in [-0.3, -0.25) is 0 Å². The van der Waals surface area contributed by atoms with E-state index in [9.17, 15) is 0 Å². The molecule has 0 fully saturated rings. The van der Waals surface area contributed by atoms with Crippen molar-refractivity contribution in [2.45, 2.75) is 39.0 Å². The van der Waals surface area contributed by atoms with Crippen LogP contribution in [0.2, 0.25) is 0 Å². The largest absolute Gasteiger partial charge is 0.363 e. The minimum atomic E-state index is 1.05. The first kappa shape index (κ1) is 8.61. The minimum absolute atomic E-state index is 1.05. The van der Waals surface area contributed by atoms with Crippen LogP contribution < -0.4 is 5.32 Å². The number of rotatable bonds is 2. The highest BCUT2D eigenvalue weighted by atomic mass is 14.9. The predicted molar refractivity (Wildman–Crippen MR) is 56.1 cm³/mol. The maximum atomic E-state index is 3.87. The lowest BCUT2D eigenvalue weighted by Crippen LogP contribution is -2.12. The fourth-order valence-electron chi connectivity index (χ4n) is 2.23. The zero-order chi connectivity index (χ0) is 9.26. The van der Waals surface area contributed by atoms with Gasteiger partial charge in [0.05, 0.1) is 0 Å². The summed E-state index contributed by atoms with van der Waals surface area (Å²) in [6.07, 6.45) is 8.76. The summed E-state index contributed by atoms with van der Waals surface area (Å²) in [5, 5.41) is 3.33. The van der Waals surface area contributed by atoms with Crippen LogP contribution in [0.25, 0.3) is 0 Å². The second-order valence-electron chi connectivity index (χ2n) is 4.06. The molecule has 0 bridgehead atoms. The van der Waals surface area contributed by atoms with Crippen LogP contribution in [0.15, 0.2) is 35.2 Å². The quantitative estimate of drug-likeness (QED) is 0.679. The molecular formula is C12H17N. The van der Waals surface area contributed by atoms with Crippen molar-refractivity contribution >= 4 is 0 Å². The fourth-order valence-corrected chi connectivity index (χ4v) is 2.23. The van der Waals surface area contributed by atoms with E-state index in [1.807, 2.05) is 6.92 Å². The van der Waals surface area contributed by atoms with Gasteiger partial charge >= 0.3 is 0 Å². The Labute approximate surface area is 80.2 Å². The van der Waals surface area contributed by atoms with Gasteiger partial charge in [-0.1, -0.05) is 12.2 Å². The van der Waals surface area contributed by atoms with Crippen molar-refractivity contribution in [2.24, 2.45) is 0 Å². The Morgan fingerprint density at radius 3 is 2.92 bits per heavy atom. The Hall–Kier alpha value is -0.980. The average molecular weight is 175 g/mol. The summed E-state index contributed by atoms with van der Waals surface area (Å²) in [5.41, 5.74) is 5.70. The van der Waals surface area contributed by atoms with Crippen LogP contribution in [0.5, 0.6) is 0 Å². The van der Waals surface area contributed by atoms with Gasteiger partial charge in [0.1, 0.15) is 0 Å². The van der Waals surface area contributed by atoms with Crippen LogP contribution in [0, 0.1) is 0 Å². The van der Waals surface area contributed by atoms with Crippen LogP contribution in [0.3, 0.4) is 0 Å². The molecule has 0 aliphatic heterocycles. The minimum Gasteiger partial charge on any atom is -0.363 e. The Kier molecular flexibility index (Phi) is 2.26. The molecule has 0 heterocycles. The predicted octanol–water partition coefficient (Wildman–Crippen LogP) is 3.27. The second-order valence-corrected chi connectivity index (χ2v) is 4.06. The summed E-state index contributed by atoms with van der Waals surface area (Å²) in [5.74, 6) is 0. The highest BCUT2D eigenvalue weighted by Crippen LogP contribution is 2.35. The van der Waals surface area contributed by atoms with E-state index in [0.717, 1.165) is 5.70 Å². The summed E-state index contributed by atoms with van der Waals surface area (Å²) in [6.45, 7) is 5.88. The number of allylic oxidation sites excluding steroid dienone is 5. The van der Waals surface area contributed by atoms with Gasteiger partial charge in [-0.2, -0.15) is 0 Å². The van der Waals surface area contributed by atoms with Gasteiger partial charge in [0, 0.05) is 11.4 Å². The van der Waals surface area contributed by atoms with Crippen LogP contribution in [-0.2, 0) is 0 Å². The van der Waals surface area contributed by atoms with Crippen molar-refractivity contribution in [3.63, 3.8) is 0 Å². The van der Waals surface area contributed by atoms with Gasteiger partial charge in [0.25, 0.3) is 0 Å². The Bertz CT molecular complexity index is 294. The molecule has 1 nitrogen and oxygen atoms in total. The van der Waals surface area contributed by atoms with Gasteiger partial charge in [-0.15, -0.1) is 0 Å². The Balaban J connectivity index is 2.11. The second kappa shape index (κ2) is 3.41. The SMILES string of the molecule is C=C(C)NC1=CC2=C(CCC2)CC1. The molecule has 1 heteroatoms. The molecule has 0 saturated carbocycles. The summed E-state index contributed by atoms with van der Waals surface area (Å²) in [4.78, 5) is 0. The fraction of sp³-hybridized carbons (Fsp3) is 0.500. The third-order valence-corrected chi connectivity index (χ3v) is 2.80. The summed E-state index contributed by atoms with van der Waals surface area (Å²) >= 11 is 0. The van der Waals surface area contributed by atoms with Crippen LogP contribution in [0.4, 0.5) is 0 Å². The average Bonchev–Trinajstić information content (AvgIpc) is 2.49. The van der Waals surface area contributed by atoms with E-state index in [1.165, 1.54) is 37.8 Å². The third-order valence-electron chi connectivity index (χ3n) is 2.80. The van der Waals surface area contributed by atoms with Crippen molar-refractivity contribution in [3.05, 3.63) is 35.2 Å². The molecule has 0 radical (unpaired) electrons. The molecule has 0 saturated heterocycles. The highest BCUT2D eigenvalue weighted by molar-refractivity contribution is 5.36. The Morgan fingerprint density at radius 2 is 2.15 bits per heavy atom. The molecule has 0 aromatic heterocycles. The monoisotopic (exact) mass is 175 g/mol. The molecule has 2 aliphatic carbocycles. The van der Waals surface area contributed by atoms with E-state index >= 15 is 0 Å². The topological polar surface area (TPSA) is 12.0 Å². The van der Waals surface area contributed by atoms with E-state index in [1.54, 1.807) is 11.1 Å². The summed E-state index contributed by atoms with van der Waals surface area (Å²) in [7, 11) is 0. The zero-order valence-corrected chi connectivity index (χ0v) is 8.32. The van der Waals surface area contributed by atoms with E-state index in [2.05, 4.69) is 18.0 Å². The van der Waals surface area contributed by atoms with Crippen LogP contribution >= 0.6 is 0 Å². The first-order valence-electron chi connectivity index (χ1n) is 5.10. The van der Waals surface area contributed by atoms with Crippen molar-refractivity contribution < 1.29 is 0 Å². The lowest BCUT2D eigenvalue weighted by atomic mass is 9.98. The van der Waals surface area contributed by atoms with Gasteiger partial charge in [0.2, 0.25) is 0 Å². The molecule has 0 aromatic rings. The van der Waals surface area contributed by atoms with E-state index < -0.39 is 0 Å². The molecule has 13 heavy (non-hydrogen) atoms. The van der Waals surface area contributed by atoms with Gasteiger partial charge in [0.15, 0.2) is 0 Å². The lowest BCUT2D eigenvalue weighted by Gasteiger charge is -2.17. The van der Waals surface area contributed by atoms with Crippen LogP contribution in [0.1, 0.15) is 39.0 Å². The molecule has 1 N–H and O–H groups in total. The summed E-state index contributed by atoms with van der Waals surface area (Å²) < 4.78 is 0. The molecule has 2 aliphatic rings. The maximum absolute atomic E-state index is 3.87. The normalized spacial score (nSPS) is 21.2. The van der Waals surface area contributed by atoms with Gasteiger partial charge in [-0.25, -0.2) is 0 Å². The molecule has 0 unspecified atom stereocenters. The van der Waals surface area contributed by atoms with Crippen molar-refractivity contribution in [1.82, 2.24) is 5.32 Å². The van der Waals surface area contributed by atoms with Crippen molar-refractivity contribution in [3.8, 4) is 0 Å².